The van der Waals surface area contributed by atoms with Gasteiger partial charge in [0, 0.05) is 11.5 Å². The minimum atomic E-state index is -1.01. The molecule has 3 aliphatic heterocycles. The third kappa shape index (κ3) is 1.50. The topological polar surface area (TPSA) is 36.9 Å². The monoisotopic (exact) mass is 222 g/mol. The molecule has 0 radical (unpaired) electrons. The van der Waals surface area contributed by atoms with Crippen molar-refractivity contribution in [2.24, 2.45) is 5.92 Å². The molecule has 86 valence electrons. The lowest BCUT2D eigenvalue weighted by Gasteiger charge is -2.45. The zero-order chi connectivity index (χ0) is 11.0. The van der Waals surface area contributed by atoms with Gasteiger partial charge in [0.25, 0.3) is 0 Å². The highest BCUT2D eigenvalue weighted by Crippen LogP contribution is 2.39. The molecule has 3 fully saturated rings. The smallest absolute Gasteiger partial charge is 0.312 e. The molecule has 3 heterocycles. The lowest BCUT2D eigenvalue weighted by atomic mass is 10.1. The quantitative estimate of drug-likeness (QED) is 0.759. The molecule has 4 heteroatoms. The van der Waals surface area contributed by atoms with Crippen LogP contribution in [0.15, 0.2) is 24.3 Å². The molecule has 1 aromatic rings. The molecular weight excluding hydrogens is 208 g/mol. The fraction of sp³-hybridized carbons (Fsp3) is 0.500. The van der Waals surface area contributed by atoms with Crippen LogP contribution < -0.4 is 4.74 Å². The van der Waals surface area contributed by atoms with Crippen LogP contribution in [0.3, 0.4) is 0 Å². The maximum absolute atomic E-state index is 5.65. The van der Waals surface area contributed by atoms with Crippen LogP contribution in [0, 0.1) is 5.92 Å². The summed E-state index contributed by atoms with van der Waals surface area (Å²) >= 11 is 0. The molecule has 2 bridgehead atoms. The van der Waals surface area contributed by atoms with E-state index in [1.165, 1.54) is 0 Å². The summed E-state index contributed by atoms with van der Waals surface area (Å²) in [7, 11) is 1.64. The fourth-order valence-electron chi connectivity index (χ4n) is 2.02. The van der Waals surface area contributed by atoms with E-state index in [9.17, 15) is 0 Å². The zero-order valence-corrected chi connectivity index (χ0v) is 9.14. The van der Waals surface area contributed by atoms with Gasteiger partial charge in [-0.15, -0.1) is 0 Å². The Bertz CT molecular complexity index is 369. The van der Waals surface area contributed by atoms with E-state index in [-0.39, 0.29) is 0 Å². The minimum absolute atomic E-state index is 0.368. The molecule has 4 rings (SSSR count). The first kappa shape index (κ1) is 10.1. The van der Waals surface area contributed by atoms with Gasteiger partial charge in [-0.2, -0.15) is 0 Å². The first-order chi connectivity index (χ1) is 7.82. The van der Waals surface area contributed by atoms with Crippen LogP contribution in [0.25, 0.3) is 0 Å². The van der Waals surface area contributed by atoms with Gasteiger partial charge in [0.05, 0.1) is 26.9 Å². The summed E-state index contributed by atoms with van der Waals surface area (Å²) in [6, 6.07) is 7.59. The maximum Gasteiger partial charge on any atom is 0.312 e. The van der Waals surface area contributed by atoms with Gasteiger partial charge in [0.15, 0.2) is 0 Å². The summed E-state index contributed by atoms with van der Waals surface area (Å²) in [5.41, 5.74) is 0.852. The van der Waals surface area contributed by atoms with E-state index in [2.05, 4.69) is 0 Å². The van der Waals surface area contributed by atoms with Crippen molar-refractivity contribution >= 4 is 0 Å². The Kier molecular flexibility index (Phi) is 2.35. The summed E-state index contributed by atoms with van der Waals surface area (Å²) in [6.07, 6.45) is 0. The average Bonchev–Trinajstić information content (AvgIpc) is 2.41. The fourth-order valence-corrected chi connectivity index (χ4v) is 2.02. The highest BCUT2D eigenvalue weighted by molar-refractivity contribution is 5.30. The summed E-state index contributed by atoms with van der Waals surface area (Å²) in [5, 5.41) is 0. The van der Waals surface area contributed by atoms with Gasteiger partial charge in [-0.05, 0) is 12.1 Å². The predicted octanol–water partition coefficient (Wildman–Crippen LogP) is 1.50. The molecule has 0 spiro atoms. The van der Waals surface area contributed by atoms with Crippen LogP contribution in [0.4, 0.5) is 0 Å². The lowest BCUT2D eigenvalue weighted by Crippen LogP contribution is -2.51. The van der Waals surface area contributed by atoms with Crippen molar-refractivity contribution in [3.63, 3.8) is 0 Å². The van der Waals surface area contributed by atoms with E-state index in [1.54, 1.807) is 7.11 Å². The summed E-state index contributed by atoms with van der Waals surface area (Å²) in [5.74, 6) is 0.131. The second-order valence-electron chi connectivity index (χ2n) is 4.09. The van der Waals surface area contributed by atoms with Gasteiger partial charge in [-0.3, -0.25) is 0 Å². The second-order valence-corrected chi connectivity index (χ2v) is 4.09. The third-order valence-corrected chi connectivity index (χ3v) is 2.95. The summed E-state index contributed by atoms with van der Waals surface area (Å²) < 4.78 is 22.1. The first-order valence-electron chi connectivity index (χ1n) is 5.39. The normalized spacial score (nSPS) is 32.7. The molecule has 4 nitrogen and oxygen atoms in total. The van der Waals surface area contributed by atoms with Crippen molar-refractivity contribution in [3.8, 4) is 5.75 Å². The molecule has 3 saturated heterocycles. The van der Waals surface area contributed by atoms with E-state index in [1.807, 2.05) is 24.3 Å². The van der Waals surface area contributed by atoms with Crippen LogP contribution in [-0.4, -0.2) is 26.9 Å². The van der Waals surface area contributed by atoms with Gasteiger partial charge in [-0.25, -0.2) is 0 Å². The van der Waals surface area contributed by atoms with E-state index in [0.717, 1.165) is 11.3 Å². The Hall–Kier alpha value is -1.10. The Labute approximate surface area is 94.1 Å². The SMILES string of the molecule is COc1cccc(C23OCC(CO2)CO3)c1. The number of hydrogen-bond acceptors (Lipinski definition) is 4. The van der Waals surface area contributed by atoms with Gasteiger partial charge >= 0.3 is 5.97 Å². The molecule has 16 heavy (non-hydrogen) atoms. The van der Waals surface area contributed by atoms with Crippen molar-refractivity contribution in [1.82, 2.24) is 0 Å². The second kappa shape index (κ2) is 3.73. The van der Waals surface area contributed by atoms with Gasteiger partial charge in [0.1, 0.15) is 5.75 Å². The third-order valence-electron chi connectivity index (χ3n) is 2.95. The highest BCUT2D eigenvalue weighted by atomic mass is 16.9. The molecule has 0 aromatic heterocycles. The van der Waals surface area contributed by atoms with E-state index >= 15 is 0 Å². The largest absolute Gasteiger partial charge is 0.497 e. The van der Waals surface area contributed by atoms with Crippen molar-refractivity contribution < 1.29 is 18.9 Å². The number of fused-ring (bicyclic) bond motifs is 3. The van der Waals surface area contributed by atoms with Gasteiger partial charge < -0.3 is 18.9 Å². The Balaban J connectivity index is 1.94. The zero-order valence-electron chi connectivity index (χ0n) is 9.14. The highest BCUT2D eigenvalue weighted by Gasteiger charge is 2.46. The maximum atomic E-state index is 5.65. The number of methoxy groups -OCH3 is 1. The van der Waals surface area contributed by atoms with Crippen molar-refractivity contribution in [2.45, 2.75) is 5.97 Å². The number of hydrogen-bond donors (Lipinski definition) is 0. The van der Waals surface area contributed by atoms with Crippen LogP contribution in [0.5, 0.6) is 5.75 Å². The standard InChI is InChI=1S/C12H14O4/c1-13-11-4-2-3-10(5-11)12-14-6-9(7-15-12)8-16-12/h2-5,9H,6-8H2,1H3. The van der Waals surface area contributed by atoms with E-state index < -0.39 is 5.97 Å². The predicted molar refractivity (Wildman–Crippen MR) is 56.0 cm³/mol. The number of rotatable bonds is 2. The number of ether oxygens (including phenoxy) is 4. The van der Waals surface area contributed by atoms with Crippen LogP contribution >= 0.6 is 0 Å². The van der Waals surface area contributed by atoms with E-state index in [0.29, 0.717) is 25.7 Å². The van der Waals surface area contributed by atoms with Crippen molar-refractivity contribution in [1.29, 1.82) is 0 Å². The molecule has 0 atom stereocenters. The Morgan fingerprint density at radius 1 is 1.19 bits per heavy atom. The van der Waals surface area contributed by atoms with Gasteiger partial charge in [0.2, 0.25) is 0 Å². The van der Waals surface area contributed by atoms with Crippen LogP contribution in [0.2, 0.25) is 0 Å². The molecule has 0 saturated carbocycles. The van der Waals surface area contributed by atoms with Crippen LogP contribution in [-0.2, 0) is 20.2 Å². The molecule has 0 aliphatic carbocycles. The van der Waals surface area contributed by atoms with Crippen molar-refractivity contribution in [2.75, 3.05) is 26.9 Å². The van der Waals surface area contributed by atoms with Crippen molar-refractivity contribution in [3.05, 3.63) is 29.8 Å². The summed E-state index contributed by atoms with van der Waals surface area (Å²) in [6.45, 7) is 2.08. The summed E-state index contributed by atoms with van der Waals surface area (Å²) in [4.78, 5) is 0. The van der Waals surface area contributed by atoms with E-state index in [4.69, 9.17) is 18.9 Å². The molecule has 0 N–H and O–H groups in total. The minimum Gasteiger partial charge on any atom is -0.497 e. The molecule has 3 aliphatic rings. The Morgan fingerprint density at radius 3 is 2.50 bits per heavy atom. The Morgan fingerprint density at radius 2 is 1.88 bits per heavy atom. The average molecular weight is 222 g/mol. The molecule has 1 aromatic carbocycles. The number of benzene rings is 1. The lowest BCUT2D eigenvalue weighted by molar-refractivity contribution is -0.460. The molecule has 0 amide bonds. The first-order valence-corrected chi connectivity index (χ1v) is 5.39. The molecular formula is C12H14O4. The van der Waals surface area contributed by atoms with Gasteiger partial charge in [-0.1, -0.05) is 12.1 Å². The van der Waals surface area contributed by atoms with Crippen LogP contribution in [0.1, 0.15) is 5.56 Å². The molecule has 0 unspecified atom stereocenters.